The van der Waals surface area contributed by atoms with Crippen molar-refractivity contribution in [3.05, 3.63) is 66.1 Å². The van der Waals surface area contributed by atoms with Crippen LogP contribution in [0.5, 0.6) is 5.75 Å². The zero-order chi connectivity index (χ0) is 20.2. The van der Waals surface area contributed by atoms with Gasteiger partial charge in [0.2, 0.25) is 0 Å². The average Bonchev–Trinajstić information content (AvgIpc) is 3.30. The highest BCUT2D eigenvalue weighted by atomic mass is 16.5. The van der Waals surface area contributed by atoms with Gasteiger partial charge < -0.3 is 15.4 Å². The van der Waals surface area contributed by atoms with Crippen LogP contribution in [0.4, 0.5) is 11.5 Å². The number of nitrogens with zero attached hydrogens (tertiary/aromatic N) is 4. The molecule has 0 atom stereocenters. The Morgan fingerprint density at radius 3 is 2.79 bits per heavy atom. The first-order chi connectivity index (χ1) is 14.2. The molecular weight excluding hydrogens is 364 g/mol. The van der Waals surface area contributed by atoms with Crippen molar-refractivity contribution in [2.24, 2.45) is 0 Å². The van der Waals surface area contributed by atoms with Gasteiger partial charge in [-0.3, -0.25) is 10.1 Å². The number of benzene rings is 1. The van der Waals surface area contributed by atoms with E-state index in [1.807, 2.05) is 54.3 Å². The minimum absolute atomic E-state index is 0. The van der Waals surface area contributed by atoms with Gasteiger partial charge >= 0.3 is 0 Å². The molecule has 1 aromatic carbocycles. The van der Waals surface area contributed by atoms with Crippen LogP contribution >= 0.6 is 0 Å². The summed E-state index contributed by atoms with van der Waals surface area (Å²) < 4.78 is 7.61. The monoisotopic (exact) mass is 392 g/mol. The summed E-state index contributed by atoms with van der Waals surface area (Å²) in [4.78, 5) is 6.82. The molecule has 1 saturated heterocycles. The van der Waals surface area contributed by atoms with Crippen LogP contribution in [0.15, 0.2) is 55.0 Å². The summed E-state index contributed by atoms with van der Waals surface area (Å²) in [5, 5.41) is 13.1. The SMILES string of the molecule is CCOc1ccc(N)c(C(=N)c2ccnc(N3CCC(n4cccn4)CC3)c2)c1.[HH]. The fourth-order valence-corrected chi connectivity index (χ4v) is 3.77. The first-order valence-electron chi connectivity index (χ1n) is 9.97. The number of nitrogen functional groups attached to an aromatic ring is 1. The predicted molar refractivity (Wildman–Crippen MR) is 117 cm³/mol. The highest BCUT2D eigenvalue weighted by Gasteiger charge is 2.22. The van der Waals surface area contributed by atoms with Gasteiger partial charge in [0.1, 0.15) is 11.6 Å². The molecule has 3 aromatic rings. The number of piperidine rings is 1. The van der Waals surface area contributed by atoms with Crippen LogP contribution in [0.3, 0.4) is 0 Å². The molecule has 1 aliphatic heterocycles. The smallest absolute Gasteiger partial charge is 0.129 e. The summed E-state index contributed by atoms with van der Waals surface area (Å²) in [5.41, 5.74) is 8.54. The first-order valence-corrected chi connectivity index (χ1v) is 9.97. The highest BCUT2D eigenvalue weighted by molar-refractivity contribution is 6.14. The number of nitrogens with two attached hydrogens (primary N) is 1. The molecule has 0 spiro atoms. The van der Waals surface area contributed by atoms with E-state index in [0.29, 0.717) is 29.6 Å². The third-order valence-electron chi connectivity index (χ3n) is 5.33. The molecule has 4 rings (SSSR count). The summed E-state index contributed by atoms with van der Waals surface area (Å²) in [6.45, 7) is 4.34. The van der Waals surface area contributed by atoms with Crippen LogP contribution in [0.25, 0.3) is 0 Å². The maximum absolute atomic E-state index is 8.68. The van der Waals surface area contributed by atoms with Gasteiger partial charge in [0.15, 0.2) is 0 Å². The Bertz CT molecular complexity index is 983. The van der Waals surface area contributed by atoms with E-state index in [1.54, 1.807) is 12.3 Å². The molecule has 7 heteroatoms. The van der Waals surface area contributed by atoms with Crippen LogP contribution < -0.4 is 15.4 Å². The van der Waals surface area contributed by atoms with Crippen LogP contribution in [-0.4, -0.2) is 40.2 Å². The fraction of sp³-hybridized carbons (Fsp3) is 0.318. The van der Waals surface area contributed by atoms with Crippen molar-refractivity contribution in [3.63, 3.8) is 0 Å². The predicted octanol–water partition coefficient (Wildman–Crippen LogP) is 3.76. The molecule has 0 amide bonds. The molecule has 0 radical (unpaired) electrons. The van der Waals surface area contributed by atoms with Crippen LogP contribution in [0, 0.1) is 5.41 Å². The molecule has 1 aliphatic rings. The molecule has 0 unspecified atom stereocenters. The van der Waals surface area contributed by atoms with Crippen molar-refractivity contribution in [2.45, 2.75) is 25.8 Å². The van der Waals surface area contributed by atoms with Gasteiger partial charge in [-0.2, -0.15) is 5.10 Å². The Labute approximate surface area is 172 Å². The van der Waals surface area contributed by atoms with Crippen molar-refractivity contribution in [1.29, 1.82) is 5.41 Å². The van der Waals surface area contributed by atoms with Gasteiger partial charge in [0.05, 0.1) is 18.4 Å². The average molecular weight is 393 g/mol. The van der Waals surface area contributed by atoms with Crippen molar-refractivity contribution >= 4 is 17.2 Å². The quantitative estimate of drug-likeness (QED) is 0.492. The standard InChI is InChI=1S/C22H26N6O.H2/c1-2-29-18-4-5-20(23)19(15-18)22(24)16-6-10-25-21(14-16)27-12-7-17(8-13-27)28-11-3-9-26-28;/h3-6,9-11,14-15,17,24H,2,7-8,12-13,23H2,1H3;1H. The second-order valence-electron chi connectivity index (χ2n) is 7.16. The number of ether oxygens (including phenoxy) is 1. The molecule has 3 N–H and O–H groups in total. The molecule has 152 valence electrons. The van der Waals surface area contributed by atoms with E-state index < -0.39 is 0 Å². The normalized spacial score (nSPS) is 14.7. The largest absolute Gasteiger partial charge is 0.494 e. The number of rotatable bonds is 6. The number of aromatic nitrogens is 3. The Kier molecular flexibility index (Phi) is 5.46. The molecule has 3 heterocycles. The Morgan fingerprint density at radius 1 is 1.24 bits per heavy atom. The number of pyridine rings is 1. The summed E-state index contributed by atoms with van der Waals surface area (Å²) in [7, 11) is 0. The van der Waals surface area contributed by atoms with Gasteiger partial charge in [-0.05, 0) is 56.2 Å². The zero-order valence-corrected chi connectivity index (χ0v) is 16.6. The van der Waals surface area contributed by atoms with Crippen LogP contribution in [-0.2, 0) is 0 Å². The van der Waals surface area contributed by atoms with Gasteiger partial charge in [0, 0.05) is 49.9 Å². The Balaban J connectivity index is 0.00000256. The van der Waals surface area contributed by atoms with Crippen molar-refractivity contribution in [1.82, 2.24) is 14.8 Å². The molecule has 0 saturated carbocycles. The third-order valence-corrected chi connectivity index (χ3v) is 5.33. The molecule has 29 heavy (non-hydrogen) atoms. The minimum Gasteiger partial charge on any atom is -0.494 e. The Hall–Kier alpha value is -3.35. The molecular formula is C22H28N6O. The lowest BCUT2D eigenvalue weighted by Gasteiger charge is -2.33. The molecule has 0 aliphatic carbocycles. The van der Waals surface area contributed by atoms with E-state index in [-0.39, 0.29) is 1.43 Å². The zero-order valence-electron chi connectivity index (χ0n) is 16.6. The topological polar surface area (TPSA) is 93.0 Å². The summed E-state index contributed by atoms with van der Waals surface area (Å²) >= 11 is 0. The minimum atomic E-state index is 0. The van der Waals surface area contributed by atoms with Crippen molar-refractivity contribution in [2.75, 3.05) is 30.3 Å². The van der Waals surface area contributed by atoms with E-state index in [2.05, 4.69) is 15.0 Å². The second-order valence-corrected chi connectivity index (χ2v) is 7.16. The van der Waals surface area contributed by atoms with E-state index in [1.165, 1.54) is 0 Å². The van der Waals surface area contributed by atoms with E-state index in [0.717, 1.165) is 43.1 Å². The molecule has 2 aromatic heterocycles. The number of nitrogens with one attached hydrogen (secondary N) is 1. The number of hydrogen-bond donors (Lipinski definition) is 2. The third kappa shape index (κ3) is 4.08. The van der Waals surface area contributed by atoms with Gasteiger partial charge in [-0.15, -0.1) is 0 Å². The highest BCUT2D eigenvalue weighted by Crippen LogP contribution is 2.27. The van der Waals surface area contributed by atoms with Crippen molar-refractivity contribution < 1.29 is 6.16 Å². The maximum Gasteiger partial charge on any atom is 0.129 e. The fourth-order valence-electron chi connectivity index (χ4n) is 3.77. The van der Waals surface area contributed by atoms with Gasteiger partial charge in [0.25, 0.3) is 0 Å². The Morgan fingerprint density at radius 2 is 2.07 bits per heavy atom. The maximum atomic E-state index is 8.68. The lowest BCUT2D eigenvalue weighted by atomic mass is 10.0. The number of anilines is 2. The van der Waals surface area contributed by atoms with Gasteiger partial charge in [-0.1, -0.05) is 0 Å². The summed E-state index contributed by atoms with van der Waals surface area (Å²) in [6.07, 6.45) is 7.67. The van der Waals surface area contributed by atoms with Crippen molar-refractivity contribution in [3.8, 4) is 5.75 Å². The van der Waals surface area contributed by atoms with Gasteiger partial charge in [-0.25, -0.2) is 4.98 Å². The lowest BCUT2D eigenvalue weighted by Crippen LogP contribution is -2.35. The number of hydrogen-bond acceptors (Lipinski definition) is 6. The first kappa shape index (κ1) is 19.0. The lowest BCUT2D eigenvalue weighted by molar-refractivity contribution is 0.340. The summed E-state index contributed by atoms with van der Waals surface area (Å²) in [6, 6.07) is 11.7. The van der Waals surface area contributed by atoms with E-state index in [4.69, 9.17) is 15.9 Å². The molecule has 7 nitrogen and oxygen atoms in total. The summed E-state index contributed by atoms with van der Waals surface area (Å²) in [5.74, 6) is 1.61. The van der Waals surface area contributed by atoms with Crippen LogP contribution in [0.2, 0.25) is 0 Å². The van der Waals surface area contributed by atoms with Crippen LogP contribution in [0.1, 0.15) is 38.4 Å². The molecule has 0 bridgehead atoms. The van der Waals surface area contributed by atoms with E-state index in [9.17, 15) is 0 Å². The second kappa shape index (κ2) is 8.34. The van der Waals surface area contributed by atoms with E-state index >= 15 is 0 Å². The molecule has 1 fully saturated rings.